The molecule has 128 valence electrons. The van der Waals surface area contributed by atoms with Crippen molar-refractivity contribution in [3.8, 4) is 0 Å². The smallest absolute Gasteiger partial charge is 0.256 e. The van der Waals surface area contributed by atoms with Gasteiger partial charge in [-0.1, -0.05) is 41.4 Å². The molecule has 0 spiro atoms. The molecule has 25 heavy (non-hydrogen) atoms. The quantitative estimate of drug-likeness (QED) is 0.715. The molecule has 0 amide bonds. The number of hydrogen-bond donors (Lipinski definition) is 2. The minimum absolute atomic E-state index is 0.130. The van der Waals surface area contributed by atoms with E-state index in [1.54, 1.807) is 0 Å². The molecule has 0 aliphatic carbocycles. The van der Waals surface area contributed by atoms with Crippen molar-refractivity contribution in [2.45, 2.75) is 27.2 Å². The second-order valence-electron chi connectivity index (χ2n) is 6.23. The Balaban J connectivity index is 1.87. The van der Waals surface area contributed by atoms with Crippen molar-refractivity contribution in [2.24, 2.45) is 0 Å². The van der Waals surface area contributed by atoms with E-state index in [0.717, 1.165) is 16.8 Å². The molecule has 0 aliphatic rings. The van der Waals surface area contributed by atoms with Crippen molar-refractivity contribution in [3.05, 3.63) is 85.8 Å². The van der Waals surface area contributed by atoms with E-state index in [9.17, 15) is 4.79 Å². The van der Waals surface area contributed by atoms with Crippen LogP contribution in [-0.4, -0.2) is 9.97 Å². The molecule has 0 unspecified atom stereocenters. The van der Waals surface area contributed by atoms with Crippen molar-refractivity contribution in [2.75, 3.05) is 5.32 Å². The SMILES string of the molecule is Cc1ccc(Nc2nc(C)c(Cc3ccc(Cl)cc3)c(=O)[nH]2)c(C)c1. The summed E-state index contributed by atoms with van der Waals surface area (Å²) in [5.41, 5.74) is 5.49. The highest BCUT2D eigenvalue weighted by Crippen LogP contribution is 2.20. The van der Waals surface area contributed by atoms with Crippen LogP contribution in [0.2, 0.25) is 5.02 Å². The number of hydrogen-bond acceptors (Lipinski definition) is 3. The van der Waals surface area contributed by atoms with E-state index in [1.165, 1.54) is 5.56 Å². The van der Waals surface area contributed by atoms with Crippen LogP contribution in [0.4, 0.5) is 11.6 Å². The molecule has 3 aromatic rings. The van der Waals surface area contributed by atoms with E-state index < -0.39 is 0 Å². The van der Waals surface area contributed by atoms with E-state index in [-0.39, 0.29) is 5.56 Å². The third-order valence-electron chi connectivity index (χ3n) is 4.15. The summed E-state index contributed by atoms with van der Waals surface area (Å²) in [5.74, 6) is 0.453. The molecule has 3 rings (SSSR count). The molecule has 1 heterocycles. The summed E-state index contributed by atoms with van der Waals surface area (Å²) in [4.78, 5) is 19.8. The normalized spacial score (nSPS) is 10.7. The Morgan fingerprint density at radius 1 is 1.08 bits per heavy atom. The molecule has 0 atom stereocenters. The molecule has 0 radical (unpaired) electrons. The van der Waals surface area contributed by atoms with Crippen molar-refractivity contribution in [1.82, 2.24) is 9.97 Å². The van der Waals surface area contributed by atoms with Gasteiger partial charge < -0.3 is 5.32 Å². The van der Waals surface area contributed by atoms with Crippen LogP contribution in [0.15, 0.2) is 47.3 Å². The van der Waals surface area contributed by atoms with E-state index in [2.05, 4.69) is 21.4 Å². The lowest BCUT2D eigenvalue weighted by Crippen LogP contribution is -2.18. The number of benzene rings is 2. The molecular formula is C20H20ClN3O. The first kappa shape index (κ1) is 17.2. The highest BCUT2D eigenvalue weighted by molar-refractivity contribution is 6.30. The highest BCUT2D eigenvalue weighted by Gasteiger charge is 2.10. The van der Waals surface area contributed by atoms with Crippen LogP contribution in [0.5, 0.6) is 0 Å². The van der Waals surface area contributed by atoms with Gasteiger partial charge in [-0.3, -0.25) is 9.78 Å². The predicted molar refractivity (Wildman–Crippen MR) is 103 cm³/mol. The van der Waals surface area contributed by atoms with Gasteiger partial charge in [0.25, 0.3) is 5.56 Å². The summed E-state index contributed by atoms with van der Waals surface area (Å²) in [6, 6.07) is 13.6. The standard InChI is InChI=1S/C20H20ClN3O/c1-12-4-9-18(13(2)10-12)23-20-22-14(3)17(19(25)24-20)11-15-5-7-16(21)8-6-15/h4-10H,11H2,1-3H3,(H2,22,23,24,25). The van der Waals surface area contributed by atoms with Gasteiger partial charge in [0.2, 0.25) is 5.95 Å². The highest BCUT2D eigenvalue weighted by atomic mass is 35.5. The number of H-pyrrole nitrogens is 1. The Hall–Kier alpha value is -2.59. The fourth-order valence-electron chi connectivity index (χ4n) is 2.77. The Morgan fingerprint density at radius 3 is 2.44 bits per heavy atom. The first-order chi connectivity index (χ1) is 11.9. The summed E-state index contributed by atoms with van der Waals surface area (Å²) in [6.07, 6.45) is 0.523. The minimum atomic E-state index is -0.130. The second kappa shape index (κ2) is 7.11. The number of rotatable bonds is 4. The van der Waals surface area contributed by atoms with Crippen LogP contribution in [0.25, 0.3) is 0 Å². The lowest BCUT2D eigenvalue weighted by molar-refractivity contribution is 0.985. The van der Waals surface area contributed by atoms with Crippen LogP contribution >= 0.6 is 11.6 Å². The van der Waals surface area contributed by atoms with Crippen LogP contribution < -0.4 is 10.9 Å². The summed E-state index contributed by atoms with van der Waals surface area (Å²) in [7, 11) is 0. The molecular weight excluding hydrogens is 334 g/mol. The van der Waals surface area contributed by atoms with E-state index in [1.807, 2.05) is 57.2 Å². The van der Waals surface area contributed by atoms with Gasteiger partial charge in [0.1, 0.15) is 0 Å². The van der Waals surface area contributed by atoms with Gasteiger partial charge in [0.15, 0.2) is 0 Å². The van der Waals surface area contributed by atoms with Gasteiger partial charge in [-0.2, -0.15) is 0 Å². The number of aromatic nitrogens is 2. The molecule has 0 saturated heterocycles. The average Bonchev–Trinajstić information content (AvgIpc) is 2.55. The topological polar surface area (TPSA) is 57.8 Å². The van der Waals surface area contributed by atoms with Gasteiger partial charge in [0, 0.05) is 22.7 Å². The molecule has 0 saturated carbocycles. The Labute approximate surface area is 151 Å². The number of anilines is 2. The summed E-state index contributed by atoms with van der Waals surface area (Å²) in [6.45, 7) is 5.93. The zero-order valence-electron chi connectivity index (χ0n) is 14.5. The van der Waals surface area contributed by atoms with Crippen LogP contribution in [0, 0.1) is 20.8 Å². The zero-order chi connectivity index (χ0) is 18.0. The molecule has 2 aromatic carbocycles. The maximum atomic E-state index is 12.5. The number of aromatic amines is 1. The van der Waals surface area contributed by atoms with E-state index in [0.29, 0.717) is 28.6 Å². The molecule has 0 fully saturated rings. The third-order valence-corrected chi connectivity index (χ3v) is 4.40. The first-order valence-corrected chi connectivity index (χ1v) is 8.48. The summed E-state index contributed by atoms with van der Waals surface area (Å²) >= 11 is 5.91. The van der Waals surface area contributed by atoms with Crippen LogP contribution in [0.3, 0.4) is 0 Å². The molecule has 2 N–H and O–H groups in total. The maximum absolute atomic E-state index is 12.5. The Bertz CT molecular complexity index is 962. The average molecular weight is 354 g/mol. The number of nitrogens with one attached hydrogen (secondary N) is 2. The predicted octanol–water partition coefficient (Wildman–Crippen LogP) is 4.68. The van der Waals surface area contributed by atoms with Gasteiger partial charge in [-0.25, -0.2) is 4.98 Å². The Morgan fingerprint density at radius 2 is 1.80 bits per heavy atom. The first-order valence-electron chi connectivity index (χ1n) is 8.11. The second-order valence-corrected chi connectivity index (χ2v) is 6.66. The van der Waals surface area contributed by atoms with Gasteiger partial charge in [-0.05, 0) is 50.1 Å². The molecule has 0 bridgehead atoms. The fourth-order valence-corrected chi connectivity index (χ4v) is 2.89. The minimum Gasteiger partial charge on any atom is -0.325 e. The zero-order valence-corrected chi connectivity index (χ0v) is 15.2. The number of halogens is 1. The summed E-state index contributed by atoms with van der Waals surface area (Å²) in [5, 5.41) is 3.88. The number of nitrogens with zero attached hydrogens (tertiary/aromatic N) is 1. The van der Waals surface area contributed by atoms with E-state index >= 15 is 0 Å². The fraction of sp³-hybridized carbons (Fsp3) is 0.200. The largest absolute Gasteiger partial charge is 0.325 e. The van der Waals surface area contributed by atoms with Crippen molar-refractivity contribution in [3.63, 3.8) is 0 Å². The van der Waals surface area contributed by atoms with Crippen molar-refractivity contribution >= 4 is 23.2 Å². The van der Waals surface area contributed by atoms with E-state index in [4.69, 9.17) is 11.6 Å². The summed E-state index contributed by atoms with van der Waals surface area (Å²) < 4.78 is 0. The van der Waals surface area contributed by atoms with Crippen molar-refractivity contribution < 1.29 is 0 Å². The van der Waals surface area contributed by atoms with Crippen LogP contribution in [-0.2, 0) is 6.42 Å². The van der Waals surface area contributed by atoms with Gasteiger partial charge in [-0.15, -0.1) is 0 Å². The monoisotopic (exact) mass is 353 g/mol. The van der Waals surface area contributed by atoms with Gasteiger partial charge >= 0.3 is 0 Å². The lowest BCUT2D eigenvalue weighted by Gasteiger charge is -2.11. The van der Waals surface area contributed by atoms with Gasteiger partial charge in [0.05, 0.1) is 5.69 Å². The molecule has 0 aliphatic heterocycles. The third kappa shape index (κ3) is 4.09. The number of aryl methyl sites for hydroxylation is 3. The molecule has 4 nitrogen and oxygen atoms in total. The Kier molecular flexibility index (Phi) is 4.91. The maximum Gasteiger partial charge on any atom is 0.256 e. The van der Waals surface area contributed by atoms with Crippen LogP contribution in [0.1, 0.15) is 27.9 Å². The molecule has 5 heteroatoms. The lowest BCUT2D eigenvalue weighted by atomic mass is 10.1. The van der Waals surface area contributed by atoms with Crippen molar-refractivity contribution in [1.29, 1.82) is 0 Å². The molecule has 1 aromatic heterocycles.